The summed E-state index contributed by atoms with van der Waals surface area (Å²) in [4.78, 5) is 27.7. The fourth-order valence-corrected chi connectivity index (χ4v) is 2.59. The number of aliphatic imine (C=N–C) groups is 1. The number of aryl methyl sites for hydroxylation is 1. The second kappa shape index (κ2) is 7.86. The van der Waals surface area contributed by atoms with Crippen LogP contribution in [0, 0.1) is 6.92 Å². The summed E-state index contributed by atoms with van der Waals surface area (Å²) < 4.78 is 15.9. The SMILES string of the molecule is CCOc1cc(/C=C2\N=C(c3cccc(C)c3)OC2=O)ccc1OC(C)=O. The Morgan fingerprint density at radius 2 is 2.00 bits per heavy atom. The molecule has 0 bridgehead atoms. The summed E-state index contributed by atoms with van der Waals surface area (Å²) in [6.45, 7) is 5.51. The quantitative estimate of drug-likeness (QED) is 0.459. The Morgan fingerprint density at radius 3 is 2.70 bits per heavy atom. The predicted octanol–water partition coefficient (Wildman–Crippen LogP) is 3.66. The van der Waals surface area contributed by atoms with Gasteiger partial charge in [-0.2, -0.15) is 0 Å². The van der Waals surface area contributed by atoms with E-state index in [0.717, 1.165) is 11.1 Å². The molecule has 0 fully saturated rings. The van der Waals surface area contributed by atoms with E-state index in [9.17, 15) is 9.59 Å². The van der Waals surface area contributed by atoms with E-state index in [-0.39, 0.29) is 11.6 Å². The van der Waals surface area contributed by atoms with Crippen molar-refractivity contribution in [3.05, 3.63) is 64.9 Å². The van der Waals surface area contributed by atoms with Crippen LogP contribution in [0.2, 0.25) is 0 Å². The zero-order valence-corrected chi connectivity index (χ0v) is 15.3. The molecule has 0 aliphatic carbocycles. The van der Waals surface area contributed by atoms with E-state index >= 15 is 0 Å². The van der Waals surface area contributed by atoms with Crippen LogP contribution in [0.4, 0.5) is 0 Å². The minimum atomic E-state index is -0.520. The lowest BCUT2D eigenvalue weighted by Crippen LogP contribution is -2.05. The minimum Gasteiger partial charge on any atom is -0.490 e. The van der Waals surface area contributed by atoms with Gasteiger partial charge in [-0.15, -0.1) is 0 Å². The van der Waals surface area contributed by atoms with Gasteiger partial charge in [-0.05, 0) is 49.8 Å². The Kier molecular flexibility index (Phi) is 5.35. The van der Waals surface area contributed by atoms with Crippen molar-refractivity contribution < 1.29 is 23.8 Å². The average molecular weight is 365 g/mol. The molecule has 0 radical (unpaired) electrons. The number of carbonyl (C=O) groups excluding carboxylic acids is 2. The molecule has 3 rings (SSSR count). The Labute approximate surface area is 157 Å². The van der Waals surface area contributed by atoms with Gasteiger partial charge >= 0.3 is 11.9 Å². The zero-order chi connectivity index (χ0) is 19.4. The van der Waals surface area contributed by atoms with Gasteiger partial charge in [-0.25, -0.2) is 9.79 Å². The molecule has 0 unspecified atom stereocenters. The maximum atomic E-state index is 12.2. The fraction of sp³-hybridized carbons (Fsp3) is 0.190. The van der Waals surface area contributed by atoms with Crippen molar-refractivity contribution >= 4 is 23.9 Å². The molecule has 0 amide bonds. The van der Waals surface area contributed by atoms with Crippen LogP contribution >= 0.6 is 0 Å². The molecule has 0 spiro atoms. The summed E-state index contributed by atoms with van der Waals surface area (Å²) in [5, 5.41) is 0. The Bertz CT molecular complexity index is 959. The van der Waals surface area contributed by atoms with Crippen LogP contribution in [0.1, 0.15) is 30.5 Å². The van der Waals surface area contributed by atoms with Crippen molar-refractivity contribution in [2.45, 2.75) is 20.8 Å². The van der Waals surface area contributed by atoms with Crippen molar-refractivity contribution in [2.24, 2.45) is 4.99 Å². The minimum absolute atomic E-state index is 0.189. The second-order valence-corrected chi connectivity index (χ2v) is 5.94. The highest BCUT2D eigenvalue weighted by Crippen LogP contribution is 2.30. The van der Waals surface area contributed by atoms with Gasteiger partial charge in [0.05, 0.1) is 6.61 Å². The maximum Gasteiger partial charge on any atom is 0.363 e. The Hall–Kier alpha value is -3.41. The molecule has 2 aromatic carbocycles. The molecule has 1 aliphatic rings. The number of cyclic esters (lactones) is 1. The predicted molar refractivity (Wildman–Crippen MR) is 101 cm³/mol. The van der Waals surface area contributed by atoms with Gasteiger partial charge in [0.1, 0.15) is 0 Å². The van der Waals surface area contributed by atoms with Gasteiger partial charge < -0.3 is 14.2 Å². The number of ether oxygens (including phenoxy) is 3. The standard InChI is InChI=1S/C21H19NO5/c1-4-25-19-12-15(8-9-18(19)26-14(3)23)11-17-21(24)27-20(22-17)16-7-5-6-13(2)10-16/h5-12H,4H2,1-3H3/b17-11-. The lowest BCUT2D eigenvalue weighted by molar-refractivity contribution is -0.132. The summed E-state index contributed by atoms with van der Waals surface area (Å²) in [6.07, 6.45) is 1.60. The van der Waals surface area contributed by atoms with Gasteiger partial charge in [-0.1, -0.05) is 23.8 Å². The van der Waals surface area contributed by atoms with Crippen molar-refractivity contribution in [3.63, 3.8) is 0 Å². The van der Waals surface area contributed by atoms with Gasteiger partial charge in [0.25, 0.3) is 0 Å². The van der Waals surface area contributed by atoms with Crippen LogP contribution in [0.15, 0.2) is 53.2 Å². The highest BCUT2D eigenvalue weighted by Gasteiger charge is 2.24. The first-order valence-electron chi connectivity index (χ1n) is 8.51. The summed E-state index contributed by atoms with van der Waals surface area (Å²) in [6, 6.07) is 12.6. The number of nitrogens with zero attached hydrogens (tertiary/aromatic N) is 1. The number of esters is 2. The molecule has 0 saturated heterocycles. The van der Waals surface area contributed by atoms with Crippen LogP contribution in [-0.2, 0) is 14.3 Å². The van der Waals surface area contributed by atoms with Crippen molar-refractivity contribution in [1.29, 1.82) is 0 Å². The molecule has 1 aliphatic heterocycles. The molecule has 138 valence electrons. The molecule has 27 heavy (non-hydrogen) atoms. The monoisotopic (exact) mass is 365 g/mol. The molecule has 0 N–H and O–H groups in total. The summed E-state index contributed by atoms with van der Waals surface area (Å²) in [7, 11) is 0. The molecule has 0 aromatic heterocycles. The van der Waals surface area contributed by atoms with Gasteiger partial charge in [-0.3, -0.25) is 4.79 Å². The largest absolute Gasteiger partial charge is 0.490 e. The van der Waals surface area contributed by atoms with E-state index in [1.807, 2.05) is 38.1 Å². The highest BCUT2D eigenvalue weighted by atomic mass is 16.6. The summed E-state index contributed by atoms with van der Waals surface area (Å²) >= 11 is 0. The lowest BCUT2D eigenvalue weighted by atomic mass is 10.1. The Morgan fingerprint density at radius 1 is 1.19 bits per heavy atom. The van der Waals surface area contributed by atoms with E-state index in [4.69, 9.17) is 14.2 Å². The molecular weight excluding hydrogens is 346 g/mol. The first-order chi connectivity index (χ1) is 13.0. The van der Waals surface area contributed by atoms with E-state index < -0.39 is 11.9 Å². The second-order valence-electron chi connectivity index (χ2n) is 5.94. The van der Waals surface area contributed by atoms with Gasteiger partial charge in [0.15, 0.2) is 17.2 Å². The van der Waals surface area contributed by atoms with Crippen molar-refractivity contribution in [3.8, 4) is 11.5 Å². The van der Waals surface area contributed by atoms with Gasteiger partial charge in [0, 0.05) is 12.5 Å². The third kappa shape index (κ3) is 4.41. The molecule has 6 heteroatoms. The summed E-state index contributed by atoms with van der Waals surface area (Å²) in [5.74, 6) is 0.0552. The van der Waals surface area contributed by atoms with Crippen LogP contribution in [-0.4, -0.2) is 24.4 Å². The topological polar surface area (TPSA) is 74.2 Å². The molecule has 2 aromatic rings. The van der Waals surface area contributed by atoms with Crippen LogP contribution in [0.3, 0.4) is 0 Å². The van der Waals surface area contributed by atoms with E-state index in [0.29, 0.717) is 23.7 Å². The van der Waals surface area contributed by atoms with Crippen LogP contribution < -0.4 is 9.47 Å². The first-order valence-corrected chi connectivity index (χ1v) is 8.51. The Balaban J connectivity index is 1.92. The number of carbonyl (C=O) groups is 2. The average Bonchev–Trinajstić information content (AvgIpc) is 2.98. The van der Waals surface area contributed by atoms with Crippen LogP contribution in [0.5, 0.6) is 11.5 Å². The summed E-state index contributed by atoms with van der Waals surface area (Å²) in [5.41, 5.74) is 2.66. The maximum absolute atomic E-state index is 12.2. The van der Waals surface area contributed by atoms with Crippen molar-refractivity contribution in [1.82, 2.24) is 0 Å². The van der Waals surface area contributed by atoms with Gasteiger partial charge in [0.2, 0.25) is 5.90 Å². The van der Waals surface area contributed by atoms with E-state index in [1.54, 1.807) is 24.3 Å². The molecule has 6 nitrogen and oxygen atoms in total. The van der Waals surface area contributed by atoms with E-state index in [2.05, 4.69) is 4.99 Å². The number of rotatable bonds is 5. The number of hydrogen-bond acceptors (Lipinski definition) is 6. The lowest BCUT2D eigenvalue weighted by Gasteiger charge is -2.10. The molecule has 1 heterocycles. The van der Waals surface area contributed by atoms with Crippen molar-refractivity contribution in [2.75, 3.05) is 6.61 Å². The third-order valence-electron chi connectivity index (χ3n) is 3.71. The normalized spacial score (nSPS) is 14.7. The zero-order valence-electron chi connectivity index (χ0n) is 15.3. The molecule has 0 saturated carbocycles. The smallest absolute Gasteiger partial charge is 0.363 e. The molecule has 0 atom stereocenters. The third-order valence-corrected chi connectivity index (χ3v) is 3.71. The van der Waals surface area contributed by atoms with E-state index in [1.165, 1.54) is 6.92 Å². The van der Waals surface area contributed by atoms with Crippen LogP contribution in [0.25, 0.3) is 6.08 Å². The molecular formula is C21H19NO5. The fourth-order valence-electron chi connectivity index (χ4n) is 2.59. The highest BCUT2D eigenvalue weighted by molar-refractivity contribution is 6.12. The number of hydrogen-bond donors (Lipinski definition) is 0. The number of benzene rings is 2. The first kappa shape index (κ1) is 18.4.